The summed E-state index contributed by atoms with van der Waals surface area (Å²) in [5.74, 6) is 0.240. The lowest BCUT2D eigenvalue weighted by Crippen LogP contribution is -2.28. The lowest BCUT2D eigenvalue weighted by molar-refractivity contribution is 0.0871. The summed E-state index contributed by atoms with van der Waals surface area (Å²) in [7, 11) is 1.67. The minimum Gasteiger partial charge on any atom is -0.411 e. The van der Waals surface area contributed by atoms with Crippen LogP contribution >= 0.6 is 0 Å². The summed E-state index contributed by atoms with van der Waals surface area (Å²) in [6.07, 6.45) is 1.61. The number of rotatable bonds is 3. The zero-order valence-corrected chi connectivity index (χ0v) is 7.32. The molecule has 0 bridgehead atoms. The van der Waals surface area contributed by atoms with Crippen molar-refractivity contribution in [2.75, 3.05) is 26.9 Å². The van der Waals surface area contributed by atoms with Crippen LogP contribution in [-0.2, 0) is 9.47 Å². The predicted molar refractivity (Wildman–Crippen MR) is 44.6 cm³/mol. The molecule has 1 saturated heterocycles. The van der Waals surface area contributed by atoms with Gasteiger partial charge < -0.3 is 14.7 Å². The SMILES string of the molecule is COCCC1COCC/C1=N\O. The predicted octanol–water partition coefficient (Wildman–Crippen LogP) is 0.890. The summed E-state index contributed by atoms with van der Waals surface area (Å²) >= 11 is 0. The van der Waals surface area contributed by atoms with Gasteiger partial charge >= 0.3 is 0 Å². The van der Waals surface area contributed by atoms with Crippen LogP contribution in [-0.4, -0.2) is 37.8 Å². The molecule has 4 heteroatoms. The molecule has 4 nitrogen and oxygen atoms in total. The number of ether oxygens (including phenoxy) is 2. The van der Waals surface area contributed by atoms with Crippen LogP contribution in [0.15, 0.2) is 5.16 Å². The van der Waals surface area contributed by atoms with E-state index in [9.17, 15) is 0 Å². The first kappa shape index (κ1) is 9.48. The molecule has 1 unspecified atom stereocenters. The minimum atomic E-state index is 0.240. The highest BCUT2D eigenvalue weighted by Crippen LogP contribution is 2.14. The van der Waals surface area contributed by atoms with Crippen molar-refractivity contribution in [2.45, 2.75) is 12.8 Å². The molecule has 1 aliphatic heterocycles. The first-order valence-electron chi connectivity index (χ1n) is 4.16. The normalized spacial score (nSPS) is 27.8. The van der Waals surface area contributed by atoms with Crippen LogP contribution < -0.4 is 0 Å². The van der Waals surface area contributed by atoms with Gasteiger partial charge in [-0.1, -0.05) is 5.16 Å². The van der Waals surface area contributed by atoms with Crippen LogP contribution in [0.2, 0.25) is 0 Å². The Labute approximate surface area is 72.2 Å². The third-order valence-corrected chi connectivity index (χ3v) is 2.09. The van der Waals surface area contributed by atoms with Crippen LogP contribution in [0.4, 0.5) is 0 Å². The molecule has 1 atom stereocenters. The maximum Gasteiger partial charge on any atom is 0.0648 e. The number of oxime groups is 1. The van der Waals surface area contributed by atoms with Gasteiger partial charge in [-0.25, -0.2) is 0 Å². The van der Waals surface area contributed by atoms with Crippen molar-refractivity contribution in [2.24, 2.45) is 11.1 Å². The molecule has 0 aromatic heterocycles. The Morgan fingerprint density at radius 2 is 2.58 bits per heavy atom. The summed E-state index contributed by atoms with van der Waals surface area (Å²) < 4.78 is 10.2. The number of hydrogen-bond donors (Lipinski definition) is 1. The fraction of sp³-hybridized carbons (Fsp3) is 0.875. The van der Waals surface area contributed by atoms with Crippen LogP contribution in [0.3, 0.4) is 0 Å². The highest BCUT2D eigenvalue weighted by atomic mass is 16.5. The Kier molecular flexibility index (Phi) is 4.04. The molecule has 0 spiro atoms. The van der Waals surface area contributed by atoms with Gasteiger partial charge in [-0.15, -0.1) is 0 Å². The van der Waals surface area contributed by atoms with Crippen molar-refractivity contribution in [1.29, 1.82) is 0 Å². The van der Waals surface area contributed by atoms with E-state index in [4.69, 9.17) is 14.7 Å². The van der Waals surface area contributed by atoms with Crippen molar-refractivity contribution in [3.05, 3.63) is 0 Å². The standard InChI is InChI=1S/C8H15NO3/c1-11-4-2-7-6-12-5-3-8(7)9-10/h7,10H,2-6H2,1H3/b9-8+. The van der Waals surface area contributed by atoms with Crippen molar-refractivity contribution in [3.63, 3.8) is 0 Å². The molecular weight excluding hydrogens is 158 g/mol. The molecule has 70 valence electrons. The Morgan fingerprint density at radius 1 is 1.75 bits per heavy atom. The van der Waals surface area contributed by atoms with Gasteiger partial charge in [0.15, 0.2) is 0 Å². The fourth-order valence-corrected chi connectivity index (χ4v) is 1.34. The lowest BCUT2D eigenvalue weighted by Gasteiger charge is -2.22. The van der Waals surface area contributed by atoms with Crippen LogP contribution in [0.25, 0.3) is 0 Å². The molecule has 0 amide bonds. The Bertz CT molecular complexity index is 158. The summed E-state index contributed by atoms with van der Waals surface area (Å²) in [4.78, 5) is 0. The van der Waals surface area contributed by atoms with E-state index in [1.54, 1.807) is 7.11 Å². The van der Waals surface area contributed by atoms with E-state index in [-0.39, 0.29) is 5.92 Å². The second-order valence-corrected chi connectivity index (χ2v) is 2.89. The monoisotopic (exact) mass is 173 g/mol. The molecule has 0 saturated carbocycles. The second-order valence-electron chi connectivity index (χ2n) is 2.89. The summed E-state index contributed by atoms with van der Waals surface area (Å²) in [5, 5.41) is 11.9. The lowest BCUT2D eigenvalue weighted by atomic mass is 9.97. The topological polar surface area (TPSA) is 51.0 Å². The molecule has 0 radical (unpaired) electrons. The van der Waals surface area contributed by atoms with E-state index in [0.29, 0.717) is 19.8 Å². The van der Waals surface area contributed by atoms with E-state index < -0.39 is 0 Å². The number of nitrogens with zero attached hydrogens (tertiary/aromatic N) is 1. The largest absolute Gasteiger partial charge is 0.411 e. The van der Waals surface area contributed by atoms with Gasteiger partial charge in [0.25, 0.3) is 0 Å². The second kappa shape index (κ2) is 5.11. The quantitative estimate of drug-likeness (QED) is 0.509. The van der Waals surface area contributed by atoms with Crippen molar-refractivity contribution >= 4 is 5.71 Å². The van der Waals surface area contributed by atoms with Crippen molar-refractivity contribution in [3.8, 4) is 0 Å². The molecule has 1 heterocycles. The minimum absolute atomic E-state index is 0.240. The first-order chi connectivity index (χ1) is 5.88. The van der Waals surface area contributed by atoms with Crippen molar-refractivity contribution in [1.82, 2.24) is 0 Å². The van der Waals surface area contributed by atoms with Crippen molar-refractivity contribution < 1.29 is 14.7 Å². The molecule has 0 aromatic rings. The Morgan fingerprint density at radius 3 is 3.25 bits per heavy atom. The van der Waals surface area contributed by atoms with Gasteiger partial charge in [0.05, 0.1) is 18.9 Å². The van der Waals surface area contributed by atoms with E-state index >= 15 is 0 Å². The molecule has 1 aliphatic rings. The average molecular weight is 173 g/mol. The van der Waals surface area contributed by atoms with Gasteiger partial charge in [0.1, 0.15) is 0 Å². The Balaban J connectivity index is 2.37. The summed E-state index contributed by atoms with van der Waals surface area (Å²) in [6, 6.07) is 0. The van der Waals surface area contributed by atoms with Gasteiger partial charge in [-0.05, 0) is 6.42 Å². The fourth-order valence-electron chi connectivity index (χ4n) is 1.34. The van der Waals surface area contributed by atoms with Gasteiger partial charge in [0.2, 0.25) is 0 Å². The third kappa shape index (κ3) is 2.46. The number of methoxy groups -OCH3 is 1. The van der Waals surface area contributed by atoms with Gasteiger partial charge in [-0.2, -0.15) is 0 Å². The molecule has 0 aliphatic carbocycles. The molecule has 12 heavy (non-hydrogen) atoms. The summed E-state index contributed by atoms with van der Waals surface area (Å²) in [6.45, 7) is 2.01. The van der Waals surface area contributed by atoms with Crippen LogP contribution in [0.5, 0.6) is 0 Å². The zero-order chi connectivity index (χ0) is 8.81. The highest BCUT2D eigenvalue weighted by molar-refractivity contribution is 5.86. The van der Waals surface area contributed by atoms with Crippen LogP contribution in [0.1, 0.15) is 12.8 Å². The van der Waals surface area contributed by atoms with E-state index in [1.807, 2.05) is 0 Å². The third-order valence-electron chi connectivity index (χ3n) is 2.09. The van der Waals surface area contributed by atoms with Crippen LogP contribution in [0, 0.1) is 5.92 Å². The van der Waals surface area contributed by atoms with E-state index in [1.165, 1.54) is 0 Å². The molecule has 1 fully saturated rings. The first-order valence-corrected chi connectivity index (χ1v) is 4.16. The Hall–Kier alpha value is -0.610. The molecular formula is C8H15NO3. The number of hydrogen-bond acceptors (Lipinski definition) is 4. The maximum absolute atomic E-state index is 8.65. The highest BCUT2D eigenvalue weighted by Gasteiger charge is 2.20. The average Bonchev–Trinajstić information content (AvgIpc) is 2.15. The maximum atomic E-state index is 8.65. The smallest absolute Gasteiger partial charge is 0.0648 e. The molecule has 0 aromatic carbocycles. The van der Waals surface area contributed by atoms with Gasteiger partial charge in [0, 0.05) is 26.1 Å². The molecule has 1 N–H and O–H groups in total. The molecule has 1 rings (SSSR count). The van der Waals surface area contributed by atoms with E-state index in [2.05, 4.69) is 5.16 Å². The zero-order valence-electron chi connectivity index (χ0n) is 7.32. The van der Waals surface area contributed by atoms with E-state index in [0.717, 1.165) is 18.6 Å². The summed E-state index contributed by atoms with van der Waals surface area (Å²) in [5.41, 5.74) is 0.846. The van der Waals surface area contributed by atoms with Gasteiger partial charge in [-0.3, -0.25) is 0 Å².